The number of amides is 1. The third-order valence-electron chi connectivity index (χ3n) is 4.15. The zero-order valence-electron chi connectivity index (χ0n) is 18.4. The second-order valence-electron chi connectivity index (χ2n) is 8.11. The van der Waals surface area contributed by atoms with Crippen LogP contribution in [0.15, 0.2) is 35.3 Å². The van der Waals surface area contributed by atoms with Gasteiger partial charge in [-0.3, -0.25) is 9.79 Å². The quantitative estimate of drug-likeness (QED) is 0.366. The third kappa shape index (κ3) is 7.34. The minimum atomic E-state index is -0.257. The van der Waals surface area contributed by atoms with Gasteiger partial charge in [0.25, 0.3) is 0 Å². The summed E-state index contributed by atoms with van der Waals surface area (Å²) in [6, 6.07) is 10.2. The number of carbonyl (C=O) groups is 1. The Morgan fingerprint density at radius 2 is 1.83 bits per heavy atom. The predicted octanol–water partition coefficient (Wildman–Crippen LogP) is 2.84. The Hall–Kier alpha value is -2.10. The predicted molar refractivity (Wildman–Crippen MR) is 132 cm³/mol. The minimum Gasteiger partial charge on any atom is -0.363 e. The molecule has 0 fully saturated rings. The number of nitrogens with zero attached hydrogens (tertiary/aromatic N) is 4. The topological polar surface area (TPSA) is 72.9 Å². The van der Waals surface area contributed by atoms with E-state index in [-0.39, 0.29) is 42.0 Å². The zero-order chi connectivity index (χ0) is 20.9. The van der Waals surface area contributed by atoms with Gasteiger partial charge in [0.1, 0.15) is 5.82 Å². The van der Waals surface area contributed by atoms with Crippen molar-refractivity contribution in [3.05, 3.63) is 35.9 Å². The molecule has 7 nitrogen and oxygen atoms in total. The average molecular weight is 512 g/mol. The summed E-state index contributed by atoms with van der Waals surface area (Å²) in [4.78, 5) is 25.0. The van der Waals surface area contributed by atoms with Gasteiger partial charge in [0, 0.05) is 45.7 Å². The molecule has 1 aromatic carbocycles. The van der Waals surface area contributed by atoms with Crippen LogP contribution in [0.2, 0.25) is 0 Å². The highest BCUT2D eigenvalue weighted by Gasteiger charge is 2.17. The number of aliphatic imine (C=N–C) groups is 1. The largest absolute Gasteiger partial charge is 0.363 e. The lowest BCUT2D eigenvalue weighted by atomic mass is 10.1. The highest BCUT2D eigenvalue weighted by atomic mass is 127. The van der Waals surface area contributed by atoms with Crippen LogP contribution in [0, 0.1) is 0 Å². The fraction of sp³-hybridized carbons (Fsp3) is 0.476. The smallest absolute Gasteiger partial charge is 0.240 e. The molecule has 0 atom stereocenters. The fourth-order valence-electron chi connectivity index (χ4n) is 2.91. The standard InChI is InChI=1S/C21H32N6O.HI/c1-21(2,3)25-19(28)14-27(7)20(22-4)23-13-15-12-18(26(5)6)24-17-11-9-8-10-16(15)17;/h8-12H,13-14H2,1-7H3,(H,22,23)(H,25,28);1H. The van der Waals surface area contributed by atoms with Crippen LogP contribution < -0.4 is 15.5 Å². The van der Waals surface area contributed by atoms with Crippen molar-refractivity contribution >= 4 is 52.6 Å². The monoisotopic (exact) mass is 512 g/mol. The normalized spacial score (nSPS) is 11.6. The Kier molecular flexibility index (Phi) is 9.13. The van der Waals surface area contributed by atoms with E-state index in [9.17, 15) is 4.79 Å². The number of aromatic nitrogens is 1. The maximum Gasteiger partial charge on any atom is 0.240 e. The van der Waals surface area contributed by atoms with Gasteiger partial charge >= 0.3 is 0 Å². The van der Waals surface area contributed by atoms with Crippen LogP contribution in [0.5, 0.6) is 0 Å². The number of guanidine groups is 1. The molecule has 0 spiro atoms. The van der Waals surface area contributed by atoms with Gasteiger partial charge < -0.3 is 20.4 Å². The number of pyridine rings is 1. The number of anilines is 1. The molecule has 160 valence electrons. The molecule has 0 aliphatic carbocycles. The van der Waals surface area contributed by atoms with E-state index in [0.29, 0.717) is 12.5 Å². The summed E-state index contributed by atoms with van der Waals surface area (Å²) in [5.74, 6) is 1.53. The van der Waals surface area contributed by atoms with E-state index in [0.717, 1.165) is 22.3 Å². The Morgan fingerprint density at radius 1 is 1.17 bits per heavy atom. The van der Waals surface area contributed by atoms with Crippen molar-refractivity contribution in [3.8, 4) is 0 Å². The van der Waals surface area contributed by atoms with Gasteiger partial charge in [-0.25, -0.2) is 4.98 Å². The fourth-order valence-corrected chi connectivity index (χ4v) is 2.91. The van der Waals surface area contributed by atoms with Crippen LogP contribution in [0.3, 0.4) is 0 Å². The molecule has 1 heterocycles. The molecule has 1 aromatic heterocycles. The van der Waals surface area contributed by atoms with E-state index in [2.05, 4.69) is 27.8 Å². The van der Waals surface area contributed by atoms with Crippen LogP contribution in [0.25, 0.3) is 10.9 Å². The Bertz CT molecular complexity index is 860. The first-order valence-electron chi connectivity index (χ1n) is 9.39. The second-order valence-corrected chi connectivity index (χ2v) is 8.11. The number of para-hydroxylation sites is 1. The van der Waals surface area contributed by atoms with E-state index in [1.807, 2.05) is 69.9 Å². The Balaban J connectivity index is 0.00000420. The molecular formula is C21H33IN6O. The number of likely N-dealkylation sites (N-methyl/N-ethyl adjacent to an activating group) is 1. The van der Waals surface area contributed by atoms with Gasteiger partial charge in [-0.15, -0.1) is 24.0 Å². The molecule has 29 heavy (non-hydrogen) atoms. The van der Waals surface area contributed by atoms with Gasteiger partial charge in [0.2, 0.25) is 5.91 Å². The minimum absolute atomic E-state index is 0. The molecule has 8 heteroatoms. The first-order chi connectivity index (χ1) is 13.1. The first-order valence-corrected chi connectivity index (χ1v) is 9.39. The van der Waals surface area contributed by atoms with Crippen LogP contribution in [0.1, 0.15) is 26.3 Å². The molecule has 1 amide bonds. The SMILES string of the molecule is CN=C(NCc1cc(N(C)C)nc2ccccc12)N(C)CC(=O)NC(C)(C)C.I. The van der Waals surface area contributed by atoms with Gasteiger partial charge in [-0.05, 0) is 38.5 Å². The molecular weight excluding hydrogens is 479 g/mol. The molecule has 0 aliphatic rings. The summed E-state index contributed by atoms with van der Waals surface area (Å²) in [5, 5.41) is 7.43. The van der Waals surface area contributed by atoms with E-state index in [4.69, 9.17) is 4.98 Å². The van der Waals surface area contributed by atoms with Crippen molar-refractivity contribution in [2.75, 3.05) is 39.6 Å². The Morgan fingerprint density at radius 3 is 2.41 bits per heavy atom. The summed E-state index contributed by atoms with van der Waals surface area (Å²) < 4.78 is 0. The van der Waals surface area contributed by atoms with Crippen molar-refractivity contribution in [2.45, 2.75) is 32.9 Å². The second kappa shape index (κ2) is 10.6. The lowest BCUT2D eigenvalue weighted by Crippen LogP contribution is -2.48. The lowest BCUT2D eigenvalue weighted by molar-refractivity contribution is -0.122. The number of nitrogens with one attached hydrogen (secondary N) is 2. The third-order valence-corrected chi connectivity index (χ3v) is 4.15. The molecule has 2 rings (SSSR count). The van der Waals surface area contributed by atoms with Crippen molar-refractivity contribution in [1.29, 1.82) is 0 Å². The van der Waals surface area contributed by atoms with Crippen LogP contribution >= 0.6 is 24.0 Å². The van der Waals surface area contributed by atoms with E-state index >= 15 is 0 Å². The maximum absolute atomic E-state index is 12.2. The van der Waals surface area contributed by atoms with E-state index < -0.39 is 0 Å². The van der Waals surface area contributed by atoms with Crippen molar-refractivity contribution in [3.63, 3.8) is 0 Å². The van der Waals surface area contributed by atoms with Crippen LogP contribution in [-0.4, -0.2) is 62.0 Å². The van der Waals surface area contributed by atoms with E-state index in [1.54, 1.807) is 7.05 Å². The molecule has 2 aromatic rings. The molecule has 0 radical (unpaired) electrons. The van der Waals surface area contributed by atoms with Gasteiger partial charge in [-0.1, -0.05) is 18.2 Å². The van der Waals surface area contributed by atoms with Crippen LogP contribution in [-0.2, 0) is 11.3 Å². The molecule has 0 unspecified atom stereocenters. The van der Waals surface area contributed by atoms with Crippen molar-refractivity contribution in [1.82, 2.24) is 20.5 Å². The molecule has 0 saturated heterocycles. The number of benzene rings is 1. The highest BCUT2D eigenvalue weighted by molar-refractivity contribution is 14.0. The van der Waals surface area contributed by atoms with Gasteiger partial charge in [-0.2, -0.15) is 0 Å². The number of halogens is 1. The number of carbonyl (C=O) groups excluding carboxylic acids is 1. The van der Waals surface area contributed by atoms with E-state index in [1.165, 1.54) is 0 Å². The summed E-state index contributed by atoms with van der Waals surface area (Å²) in [7, 11) is 7.54. The van der Waals surface area contributed by atoms with Gasteiger partial charge in [0.15, 0.2) is 5.96 Å². The maximum atomic E-state index is 12.2. The highest BCUT2D eigenvalue weighted by Crippen LogP contribution is 2.22. The molecule has 0 aliphatic heterocycles. The number of hydrogen-bond donors (Lipinski definition) is 2. The summed E-state index contributed by atoms with van der Waals surface area (Å²) >= 11 is 0. The number of fused-ring (bicyclic) bond motifs is 1. The molecule has 0 bridgehead atoms. The number of hydrogen-bond acceptors (Lipinski definition) is 4. The van der Waals surface area contributed by atoms with Gasteiger partial charge in [0.05, 0.1) is 12.1 Å². The van der Waals surface area contributed by atoms with Crippen molar-refractivity contribution in [2.24, 2.45) is 4.99 Å². The first kappa shape index (κ1) is 24.9. The number of rotatable bonds is 5. The lowest BCUT2D eigenvalue weighted by Gasteiger charge is -2.25. The summed E-state index contributed by atoms with van der Waals surface area (Å²) in [5.41, 5.74) is 1.83. The molecule has 2 N–H and O–H groups in total. The summed E-state index contributed by atoms with van der Waals surface area (Å²) in [6.07, 6.45) is 0. The molecule has 0 saturated carbocycles. The zero-order valence-corrected chi connectivity index (χ0v) is 20.7. The Labute approximate surface area is 191 Å². The van der Waals surface area contributed by atoms with Crippen LogP contribution in [0.4, 0.5) is 5.82 Å². The summed E-state index contributed by atoms with van der Waals surface area (Å²) in [6.45, 7) is 6.72. The average Bonchev–Trinajstić information content (AvgIpc) is 2.60. The van der Waals surface area contributed by atoms with Crippen molar-refractivity contribution < 1.29 is 4.79 Å².